The van der Waals surface area contributed by atoms with Crippen molar-refractivity contribution in [3.63, 3.8) is 0 Å². The van der Waals surface area contributed by atoms with Crippen LogP contribution < -0.4 is 5.32 Å². The molecule has 2 aliphatic rings. The SMILES string of the molecule is CC(=O)[C@H]1NC(O)[C@@H]2OC(C)(C)[C@H]12. The molecule has 0 aromatic carbocycles. The molecular formula is C9H15NO3. The number of hydrogen-bond acceptors (Lipinski definition) is 4. The molecule has 13 heavy (non-hydrogen) atoms. The van der Waals surface area contributed by atoms with Gasteiger partial charge in [0.15, 0.2) is 0 Å². The Morgan fingerprint density at radius 1 is 1.54 bits per heavy atom. The summed E-state index contributed by atoms with van der Waals surface area (Å²) in [5.41, 5.74) is -0.286. The van der Waals surface area contributed by atoms with Crippen LogP contribution in [0, 0.1) is 5.92 Å². The Morgan fingerprint density at radius 3 is 2.54 bits per heavy atom. The summed E-state index contributed by atoms with van der Waals surface area (Å²) in [4.78, 5) is 11.2. The molecule has 0 saturated carbocycles. The maximum atomic E-state index is 11.2. The highest BCUT2D eigenvalue weighted by atomic mass is 16.6. The van der Waals surface area contributed by atoms with Gasteiger partial charge in [-0.3, -0.25) is 10.1 Å². The van der Waals surface area contributed by atoms with Crippen LogP contribution in [-0.2, 0) is 9.53 Å². The van der Waals surface area contributed by atoms with E-state index in [-0.39, 0.29) is 29.4 Å². The second kappa shape index (κ2) is 2.53. The molecule has 0 amide bonds. The highest BCUT2D eigenvalue weighted by molar-refractivity contribution is 5.82. The fourth-order valence-electron chi connectivity index (χ4n) is 2.43. The summed E-state index contributed by atoms with van der Waals surface area (Å²) in [7, 11) is 0. The van der Waals surface area contributed by atoms with Crippen molar-refractivity contribution in [2.24, 2.45) is 5.92 Å². The molecule has 0 aliphatic carbocycles. The molecule has 1 unspecified atom stereocenters. The van der Waals surface area contributed by atoms with Crippen molar-refractivity contribution in [3.8, 4) is 0 Å². The average Bonchev–Trinajstić information content (AvgIpc) is 2.25. The Kier molecular flexibility index (Phi) is 1.77. The number of ether oxygens (including phenoxy) is 1. The first-order valence-corrected chi connectivity index (χ1v) is 4.56. The van der Waals surface area contributed by atoms with Crippen LogP contribution in [0.15, 0.2) is 0 Å². The lowest BCUT2D eigenvalue weighted by atomic mass is 9.76. The molecule has 0 spiro atoms. The number of ketones is 1. The van der Waals surface area contributed by atoms with Gasteiger partial charge >= 0.3 is 0 Å². The van der Waals surface area contributed by atoms with E-state index < -0.39 is 6.23 Å². The van der Waals surface area contributed by atoms with Gasteiger partial charge in [0.1, 0.15) is 18.1 Å². The number of nitrogens with one attached hydrogen (secondary N) is 1. The third-order valence-corrected chi connectivity index (χ3v) is 3.06. The third kappa shape index (κ3) is 1.13. The topological polar surface area (TPSA) is 58.6 Å². The molecule has 0 aromatic rings. The maximum Gasteiger partial charge on any atom is 0.147 e. The Balaban J connectivity index is 2.20. The van der Waals surface area contributed by atoms with Crippen LogP contribution in [-0.4, -0.2) is 34.9 Å². The third-order valence-electron chi connectivity index (χ3n) is 3.06. The Morgan fingerprint density at radius 2 is 2.15 bits per heavy atom. The number of carbonyl (C=O) groups is 1. The monoisotopic (exact) mass is 185 g/mol. The molecule has 2 rings (SSSR count). The van der Waals surface area contributed by atoms with Crippen LogP contribution in [0.4, 0.5) is 0 Å². The van der Waals surface area contributed by atoms with E-state index in [1.807, 2.05) is 13.8 Å². The lowest BCUT2D eigenvalue weighted by molar-refractivity contribution is -0.250. The molecule has 2 heterocycles. The van der Waals surface area contributed by atoms with E-state index in [1.54, 1.807) is 6.92 Å². The second-order valence-corrected chi connectivity index (χ2v) is 4.41. The molecule has 2 N–H and O–H groups in total. The number of Topliss-reactive ketones (excluding diaryl/α,β-unsaturated/α-hetero) is 1. The lowest BCUT2D eigenvalue weighted by Crippen LogP contribution is -2.60. The van der Waals surface area contributed by atoms with Crippen molar-refractivity contribution in [1.82, 2.24) is 5.32 Å². The van der Waals surface area contributed by atoms with Gasteiger partial charge in [0, 0.05) is 5.92 Å². The van der Waals surface area contributed by atoms with E-state index in [1.165, 1.54) is 0 Å². The highest BCUT2D eigenvalue weighted by Crippen LogP contribution is 2.45. The summed E-state index contributed by atoms with van der Waals surface area (Å²) >= 11 is 0. The summed E-state index contributed by atoms with van der Waals surface area (Å²) in [5.74, 6) is 0.183. The van der Waals surface area contributed by atoms with Gasteiger partial charge in [-0.25, -0.2) is 0 Å². The first kappa shape index (κ1) is 9.12. The smallest absolute Gasteiger partial charge is 0.147 e. The number of hydrogen-bond donors (Lipinski definition) is 2. The molecular weight excluding hydrogens is 170 g/mol. The number of carbonyl (C=O) groups excluding carboxylic acids is 1. The van der Waals surface area contributed by atoms with E-state index in [9.17, 15) is 9.90 Å². The zero-order chi connectivity index (χ0) is 9.80. The van der Waals surface area contributed by atoms with Gasteiger partial charge < -0.3 is 9.84 Å². The van der Waals surface area contributed by atoms with Gasteiger partial charge in [0.05, 0.1) is 11.6 Å². The van der Waals surface area contributed by atoms with Crippen LogP contribution in [0.5, 0.6) is 0 Å². The van der Waals surface area contributed by atoms with E-state index in [2.05, 4.69) is 5.32 Å². The summed E-state index contributed by atoms with van der Waals surface area (Å²) < 4.78 is 5.48. The zero-order valence-corrected chi connectivity index (χ0v) is 8.07. The summed E-state index contributed by atoms with van der Waals surface area (Å²) in [5, 5.41) is 12.3. The molecule has 4 nitrogen and oxygen atoms in total. The molecule has 2 fully saturated rings. The molecule has 0 bridgehead atoms. The fraction of sp³-hybridized carbons (Fsp3) is 0.889. The van der Waals surface area contributed by atoms with Gasteiger partial charge in [0.2, 0.25) is 0 Å². The normalized spacial score (nSPS) is 46.8. The van der Waals surface area contributed by atoms with Crippen molar-refractivity contribution in [2.45, 2.75) is 44.7 Å². The molecule has 4 heteroatoms. The number of fused-ring (bicyclic) bond motifs is 1. The van der Waals surface area contributed by atoms with Crippen LogP contribution >= 0.6 is 0 Å². The van der Waals surface area contributed by atoms with Gasteiger partial charge in [0.25, 0.3) is 0 Å². The predicted molar refractivity (Wildman–Crippen MR) is 46.1 cm³/mol. The largest absolute Gasteiger partial charge is 0.376 e. The summed E-state index contributed by atoms with van der Waals surface area (Å²) in [6.45, 7) is 5.44. The van der Waals surface area contributed by atoms with Crippen LogP contribution in [0.3, 0.4) is 0 Å². The van der Waals surface area contributed by atoms with E-state index >= 15 is 0 Å². The minimum Gasteiger partial charge on any atom is -0.376 e. The molecule has 74 valence electrons. The highest BCUT2D eigenvalue weighted by Gasteiger charge is 2.61. The van der Waals surface area contributed by atoms with Crippen molar-refractivity contribution in [1.29, 1.82) is 0 Å². The second-order valence-electron chi connectivity index (χ2n) is 4.41. The number of aliphatic hydroxyl groups is 1. The molecule has 2 saturated heterocycles. The van der Waals surface area contributed by atoms with Crippen molar-refractivity contribution in [2.75, 3.05) is 0 Å². The Bertz CT molecular complexity index is 251. The minimum atomic E-state index is -0.688. The average molecular weight is 185 g/mol. The van der Waals surface area contributed by atoms with Crippen molar-refractivity contribution in [3.05, 3.63) is 0 Å². The fourth-order valence-corrected chi connectivity index (χ4v) is 2.43. The van der Waals surface area contributed by atoms with Crippen LogP contribution in [0.1, 0.15) is 20.8 Å². The zero-order valence-electron chi connectivity index (χ0n) is 8.07. The number of aliphatic hydroxyl groups excluding tert-OH is 1. The summed E-state index contributed by atoms with van der Waals surface area (Å²) in [6, 6.07) is -0.247. The van der Waals surface area contributed by atoms with E-state index in [0.29, 0.717) is 0 Å². The van der Waals surface area contributed by atoms with Gasteiger partial charge in [-0.1, -0.05) is 0 Å². The maximum absolute atomic E-state index is 11.2. The summed E-state index contributed by atoms with van der Waals surface area (Å²) in [6.07, 6.45) is -0.893. The lowest BCUT2D eigenvalue weighted by Gasteiger charge is -2.49. The molecule has 4 atom stereocenters. The Hall–Kier alpha value is -0.450. The number of rotatable bonds is 1. The molecule has 0 aromatic heterocycles. The van der Waals surface area contributed by atoms with Crippen LogP contribution in [0.25, 0.3) is 0 Å². The standard InChI is InChI=1S/C9H15NO3/c1-4(11)6-5-7(8(12)10-6)13-9(5,2)3/h5-8,10,12H,1-3H3/t5-,6-,7-,8?/m1/s1. The minimum absolute atomic E-state index is 0.0722. The first-order valence-electron chi connectivity index (χ1n) is 4.56. The van der Waals surface area contributed by atoms with Gasteiger partial charge in [-0.05, 0) is 20.8 Å². The van der Waals surface area contributed by atoms with E-state index in [4.69, 9.17) is 4.74 Å². The van der Waals surface area contributed by atoms with Gasteiger partial charge in [-0.2, -0.15) is 0 Å². The Labute approximate surface area is 77.3 Å². The molecule has 2 aliphatic heterocycles. The van der Waals surface area contributed by atoms with Crippen molar-refractivity contribution < 1.29 is 14.6 Å². The molecule has 0 radical (unpaired) electrons. The van der Waals surface area contributed by atoms with Gasteiger partial charge in [-0.15, -0.1) is 0 Å². The van der Waals surface area contributed by atoms with E-state index in [0.717, 1.165) is 0 Å². The quantitative estimate of drug-likeness (QED) is 0.586. The first-order chi connectivity index (χ1) is 5.93. The predicted octanol–water partition coefficient (Wildman–Crippen LogP) is -0.341. The van der Waals surface area contributed by atoms with Crippen molar-refractivity contribution >= 4 is 5.78 Å². The van der Waals surface area contributed by atoms with Crippen LogP contribution in [0.2, 0.25) is 0 Å².